The summed E-state index contributed by atoms with van der Waals surface area (Å²) in [5.41, 5.74) is 0. The number of allylic oxidation sites excluding steroid dienone is 6. The molecule has 0 spiro atoms. The van der Waals surface area contributed by atoms with Crippen molar-refractivity contribution in [2.24, 2.45) is 0 Å². The first kappa shape index (κ1) is 61.7. The molecular weight excluding hydrogens is 806 g/mol. The van der Waals surface area contributed by atoms with Gasteiger partial charge in [-0.25, -0.2) is 0 Å². The highest BCUT2D eigenvalue weighted by molar-refractivity contribution is 7.45. The van der Waals surface area contributed by atoms with Crippen LogP contribution in [-0.4, -0.2) is 70.7 Å². The van der Waals surface area contributed by atoms with Crippen LogP contribution in [0.25, 0.3) is 0 Å². The minimum absolute atomic E-state index is 0.0270. The van der Waals surface area contributed by atoms with Gasteiger partial charge in [-0.3, -0.25) is 9.36 Å². The lowest BCUT2D eigenvalue weighted by molar-refractivity contribution is -0.870. The average molecular weight is 910 g/mol. The third-order valence-corrected chi connectivity index (χ3v) is 12.7. The van der Waals surface area contributed by atoms with Gasteiger partial charge in [0.1, 0.15) is 19.3 Å². The smallest absolute Gasteiger partial charge is 0.306 e. The predicted molar refractivity (Wildman–Crippen MR) is 268 cm³/mol. The van der Waals surface area contributed by atoms with Crippen LogP contribution in [0.1, 0.15) is 245 Å². The quantitative estimate of drug-likeness (QED) is 0.0197. The first-order chi connectivity index (χ1) is 30.6. The Morgan fingerprint density at radius 1 is 0.492 bits per heavy atom. The van der Waals surface area contributed by atoms with Gasteiger partial charge in [-0.15, -0.1) is 0 Å². The highest BCUT2D eigenvalue weighted by atomic mass is 31.2. The van der Waals surface area contributed by atoms with E-state index in [4.69, 9.17) is 18.5 Å². The van der Waals surface area contributed by atoms with E-state index in [-0.39, 0.29) is 25.8 Å². The second-order valence-corrected chi connectivity index (χ2v) is 20.7. The van der Waals surface area contributed by atoms with Crippen molar-refractivity contribution < 1.29 is 37.3 Å². The fourth-order valence-electron chi connectivity index (χ4n) is 7.56. The molecule has 0 aliphatic heterocycles. The lowest BCUT2D eigenvalue weighted by Crippen LogP contribution is -2.37. The van der Waals surface area contributed by atoms with Crippen molar-refractivity contribution in [3.63, 3.8) is 0 Å². The number of hydrogen-bond donors (Lipinski definition) is 0. The van der Waals surface area contributed by atoms with E-state index in [1.165, 1.54) is 180 Å². The number of nitrogens with zero attached hydrogens (tertiary/aromatic N) is 1. The zero-order valence-corrected chi connectivity index (χ0v) is 43.2. The van der Waals surface area contributed by atoms with E-state index in [2.05, 4.69) is 50.3 Å². The minimum atomic E-state index is -4.53. The molecule has 0 aliphatic rings. The largest absolute Gasteiger partial charge is 0.756 e. The molecule has 372 valence electrons. The van der Waals surface area contributed by atoms with E-state index in [0.717, 1.165) is 44.9 Å². The van der Waals surface area contributed by atoms with Crippen molar-refractivity contribution in [1.82, 2.24) is 0 Å². The van der Waals surface area contributed by atoms with E-state index < -0.39 is 13.9 Å². The van der Waals surface area contributed by atoms with Crippen LogP contribution in [0.5, 0.6) is 0 Å². The van der Waals surface area contributed by atoms with E-state index >= 15 is 0 Å². The monoisotopic (exact) mass is 910 g/mol. The number of hydrogen-bond acceptors (Lipinski definition) is 7. The number of ether oxygens (including phenoxy) is 2. The van der Waals surface area contributed by atoms with Gasteiger partial charge in [0.15, 0.2) is 0 Å². The summed E-state index contributed by atoms with van der Waals surface area (Å²) < 4.78 is 34.8. The summed E-state index contributed by atoms with van der Waals surface area (Å²) in [5.74, 6) is -0.331. The van der Waals surface area contributed by atoms with Crippen LogP contribution in [0.4, 0.5) is 0 Å². The molecule has 0 bridgehead atoms. The van der Waals surface area contributed by atoms with Crippen molar-refractivity contribution in [3.8, 4) is 0 Å². The molecule has 0 saturated heterocycles. The van der Waals surface area contributed by atoms with E-state index in [1.807, 2.05) is 21.1 Å². The zero-order valence-electron chi connectivity index (χ0n) is 42.3. The number of likely N-dealkylation sites (N-methyl/N-ethyl adjacent to an activating group) is 1. The molecule has 0 saturated carbocycles. The summed E-state index contributed by atoms with van der Waals surface area (Å²) in [4.78, 5) is 25.2. The third-order valence-electron chi connectivity index (χ3n) is 11.7. The van der Waals surface area contributed by atoms with E-state index in [9.17, 15) is 14.3 Å². The number of phosphoric ester groups is 1. The molecule has 9 heteroatoms. The number of esters is 1. The van der Waals surface area contributed by atoms with Gasteiger partial charge in [0.2, 0.25) is 0 Å². The molecule has 0 aliphatic carbocycles. The van der Waals surface area contributed by atoms with Gasteiger partial charge in [0.25, 0.3) is 7.82 Å². The number of rotatable bonds is 50. The normalized spacial score (nSPS) is 13.8. The Hall–Kier alpha value is -1.28. The maximum Gasteiger partial charge on any atom is 0.306 e. The van der Waals surface area contributed by atoms with Crippen LogP contribution in [-0.2, 0) is 27.9 Å². The molecule has 2 atom stereocenters. The van der Waals surface area contributed by atoms with Crippen molar-refractivity contribution in [2.75, 3.05) is 54.1 Å². The van der Waals surface area contributed by atoms with Gasteiger partial charge in [-0.1, -0.05) is 224 Å². The van der Waals surface area contributed by atoms with Crippen molar-refractivity contribution in [2.45, 2.75) is 251 Å². The summed E-state index contributed by atoms with van der Waals surface area (Å²) >= 11 is 0. The second-order valence-electron chi connectivity index (χ2n) is 19.2. The van der Waals surface area contributed by atoms with Crippen molar-refractivity contribution in [3.05, 3.63) is 36.5 Å². The Bertz CT molecular complexity index is 1100. The first-order valence-corrected chi connectivity index (χ1v) is 28.2. The lowest BCUT2D eigenvalue weighted by atomic mass is 10.0. The first-order valence-electron chi connectivity index (χ1n) is 26.7. The summed E-state index contributed by atoms with van der Waals surface area (Å²) in [6.07, 6.45) is 57.4. The number of quaternary nitrogens is 1. The molecule has 0 aromatic rings. The summed E-state index contributed by atoms with van der Waals surface area (Å²) in [7, 11) is 1.36. The molecule has 0 N–H and O–H groups in total. The van der Waals surface area contributed by atoms with Gasteiger partial charge in [0, 0.05) is 13.0 Å². The molecular formula is C54H104NO7P. The summed E-state index contributed by atoms with van der Waals surface area (Å²) in [6.45, 7) is 5.43. The van der Waals surface area contributed by atoms with Crippen LogP contribution in [0.2, 0.25) is 0 Å². The van der Waals surface area contributed by atoms with Gasteiger partial charge in [-0.05, 0) is 51.4 Å². The van der Waals surface area contributed by atoms with Gasteiger partial charge in [-0.2, -0.15) is 0 Å². The molecule has 63 heavy (non-hydrogen) atoms. The second kappa shape index (κ2) is 47.2. The van der Waals surface area contributed by atoms with Crippen LogP contribution >= 0.6 is 7.82 Å². The fraction of sp³-hybridized carbons (Fsp3) is 0.870. The van der Waals surface area contributed by atoms with Crippen LogP contribution in [0, 0.1) is 0 Å². The number of unbranched alkanes of at least 4 members (excludes halogenated alkanes) is 30. The van der Waals surface area contributed by atoms with E-state index in [1.54, 1.807) is 0 Å². The Morgan fingerprint density at radius 3 is 1.30 bits per heavy atom. The minimum Gasteiger partial charge on any atom is -0.756 e. The van der Waals surface area contributed by atoms with Gasteiger partial charge >= 0.3 is 5.97 Å². The van der Waals surface area contributed by atoms with E-state index in [0.29, 0.717) is 24.1 Å². The molecule has 0 aromatic carbocycles. The molecule has 0 heterocycles. The fourth-order valence-corrected chi connectivity index (χ4v) is 8.28. The lowest BCUT2D eigenvalue weighted by Gasteiger charge is -2.28. The molecule has 0 rings (SSSR count). The highest BCUT2D eigenvalue weighted by Gasteiger charge is 2.20. The molecule has 0 fully saturated rings. The zero-order chi connectivity index (χ0) is 46.2. The molecule has 2 unspecified atom stereocenters. The number of phosphoric acid groups is 1. The summed E-state index contributed by atoms with van der Waals surface area (Å²) in [6, 6.07) is 0. The van der Waals surface area contributed by atoms with Crippen LogP contribution in [0.15, 0.2) is 36.5 Å². The summed E-state index contributed by atoms with van der Waals surface area (Å²) in [5, 5.41) is 0. The predicted octanol–water partition coefficient (Wildman–Crippen LogP) is 15.9. The van der Waals surface area contributed by atoms with Crippen LogP contribution in [0.3, 0.4) is 0 Å². The van der Waals surface area contributed by atoms with Crippen molar-refractivity contribution in [1.29, 1.82) is 0 Å². The average Bonchev–Trinajstić information content (AvgIpc) is 3.24. The van der Waals surface area contributed by atoms with Crippen LogP contribution < -0.4 is 4.89 Å². The Balaban J connectivity index is 4.06. The Labute approximate surface area is 391 Å². The Morgan fingerprint density at radius 2 is 0.873 bits per heavy atom. The maximum atomic E-state index is 12.7. The number of carbonyl (C=O) groups is 1. The SMILES string of the molecule is CCCCCCC/C=C\C/C=C\C/C=C\CCCCCCCCCCCCCOCC(COP(=O)([O-])OCC[N+](C)(C)C)OC(=O)CCCCCCCCCCCCCCCCC. The standard InChI is InChI=1S/C54H104NO7P/c1-6-8-10-12-14-16-18-20-22-23-24-25-26-27-28-29-30-31-32-34-36-38-40-42-44-46-49-59-51-53(52-61-63(57,58)60-50-48-55(3,4)5)62-54(56)47-45-43-41-39-37-35-33-21-19-17-15-13-11-9-7-2/h18,20,23-24,26-27,53H,6-17,19,21-22,25,28-52H2,1-5H3/b20-18-,24-23-,27-26-. The Kier molecular flexibility index (Phi) is 46.3. The topological polar surface area (TPSA) is 94.1 Å². The van der Waals surface area contributed by atoms with Gasteiger partial charge < -0.3 is 27.9 Å². The maximum absolute atomic E-state index is 12.7. The third kappa shape index (κ3) is 51.6. The highest BCUT2D eigenvalue weighted by Crippen LogP contribution is 2.38. The molecule has 0 radical (unpaired) electrons. The molecule has 0 amide bonds. The van der Waals surface area contributed by atoms with Gasteiger partial charge in [0.05, 0.1) is 34.4 Å². The van der Waals surface area contributed by atoms with Crippen molar-refractivity contribution >= 4 is 13.8 Å². The molecule has 0 aromatic heterocycles. The number of carbonyl (C=O) groups excluding carboxylic acids is 1. The molecule has 8 nitrogen and oxygen atoms in total.